The van der Waals surface area contributed by atoms with Gasteiger partial charge in [-0.25, -0.2) is 4.79 Å². The first-order valence-corrected chi connectivity index (χ1v) is 8.58. The number of nitrogens with one attached hydrogen (secondary N) is 3. The normalized spacial score (nSPS) is 19.2. The van der Waals surface area contributed by atoms with Gasteiger partial charge in [-0.2, -0.15) is 13.2 Å². The van der Waals surface area contributed by atoms with Crippen molar-refractivity contribution >= 4 is 17.6 Å². The van der Waals surface area contributed by atoms with Crippen LogP contribution in [0.25, 0.3) is 0 Å². The molecule has 29 heavy (non-hydrogen) atoms. The number of ether oxygens (including phenoxy) is 1. The number of amides is 3. The second kappa shape index (κ2) is 7.86. The van der Waals surface area contributed by atoms with Gasteiger partial charge in [0.2, 0.25) is 5.91 Å². The van der Waals surface area contributed by atoms with Crippen molar-refractivity contribution in [3.05, 3.63) is 71.9 Å². The van der Waals surface area contributed by atoms with Gasteiger partial charge >= 0.3 is 12.2 Å². The van der Waals surface area contributed by atoms with Crippen molar-refractivity contribution in [2.75, 3.05) is 12.4 Å². The minimum Gasteiger partial charge on any atom is -0.496 e. The zero-order valence-corrected chi connectivity index (χ0v) is 15.3. The molecule has 1 fully saturated rings. The Hall–Kier alpha value is -3.49. The fraction of sp³-hybridized carbons (Fsp3) is 0.200. The number of carbonyl (C=O) groups excluding carboxylic acids is 2. The first kappa shape index (κ1) is 20.2. The summed E-state index contributed by atoms with van der Waals surface area (Å²) in [5.74, 6) is -1.17. The third kappa shape index (κ3) is 4.34. The minimum atomic E-state index is -4.54. The molecule has 0 unspecified atom stereocenters. The third-order valence-corrected chi connectivity index (χ3v) is 4.48. The molecule has 3 N–H and O–H groups in total. The Balaban J connectivity index is 1.92. The number of anilines is 1. The maximum atomic E-state index is 12.9. The molecule has 1 aliphatic heterocycles. The van der Waals surface area contributed by atoms with Crippen molar-refractivity contribution in [2.24, 2.45) is 5.92 Å². The number of carbonyl (C=O) groups is 2. The smallest absolute Gasteiger partial charge is 0.416 e. The number of benzene rings is 2. The van der Waals surface area contributed by atoms with Gasteiger partial charge in [0.15, 0.2) is 0 Å². The van der Waals surface area contributed by atoms with E-state index < -0.39 is 35.6 Å². The molecule has 0 aromatic heterocycles. The van der Waals surface area contributed by atoms with Crippen LogP contribution in [-0.2, 0) is 11.0 Å². The van der Waals surface area contributed by atoms with Crippen LogP contribution in [-0.4, -0.2) is 19.0 Å². The molecule has 0 aliphatic carbocycles. The lowest BCUT2D eigenvalue weighted by molar-refractivity contribution is -0.137. The summed E-state index contributed by atoms with van der Waals surface area (Å²) in [6.07, 6.45) is -4.54. The molecule has 3 amide bonds. The van der Waals surface area contributed by atoms with E-state index in [2.05, 4.69) is 22.5 Å². The fourth-order valence-electron chi connectivity index (χ4n) is 3.17. The van der Waals surface area contributed by atoms with Gasteiger partial charge in [0.25, 0.3) is 0 Å². The van der Waals surface area contributed by atoms with Crippen LogP contribution in [0.1, 0.15) is 17.2 Å². The Bertz CT molecular complexity index is 959. The highest BCUT2D eigenvalue weighted by Crippen LogP contribution is 2.36. The maximum absolute atomic E-state index is 12.9. The monoisotopic (exact) mass is 405 g/mol. The standard InChI is InChI=1S/C20H18F3N3O3/c1-11-16(18(27)25-13-7-5-6-12(10-13)20(21,22)23)17(26-19(28)24-11)14-8-3-4-9-15(14)29-2/h3-10,16-17H,1H2,2H3,(H,25,27)(H2,24,26,28)/t16-,17-/m1/s1. The Labute approximate surface area is 164 Å². The maximum Gasteiger partial charge on any atom is 0.416 e. The SMILES string of the molecule is C=C1NC(=O)N[C@H](c2ccccc2OC)[C@@H]1C(=O)Nc1cccc(C(F)(F)F)c1. The largest absolute Gasteiger partial charge is 0.496 e. The second-order valence-corrected chi connectivity index (χ2v) is 6.39. The number of methoxy groups -OCH3 is 1. The van der Waals surface area contributed by atoms with E-state index in [1.54, 1.807) is 24.3 Å². The highest BCUT2D eigenvalue weighted by atomic mass is 19.4. The zero-order chi connectivity index (χ0) is 21.2. The average molecular weight is 405 g/mol. The number of alkyl halides is 3. The van der Waals surface area contributed by atoms with Gasteiger partial charge in [0.1, 0.15) is 11.7 Å². The second-order valence-electron chi connectivity index (χ2n) is 6.39. The Morgan fingerprint density at radius 1 is 1.17 bits per heavy atom. The van der Waals surface area contributed by atoms with Gasteiger partial charge in [-0.05, 0) is 24.3 Å². The molecule has 0 saturated carbocycles. The quantitative estimate of drug-likeness (QED) is 0.723. The molecular weight excluding hydrogens is 387 g/mol. The van der Waals surface area contributed by atoms with Crippen LogP contribution in [0.2, 0.25) is 0 Å². The van der Waals surface area contributed by atoms with Gasteiger partial charge < -0.3 is 20.7 Å². The Morgan fingerprint density at radius 2 is 1.90 bits per heavy atom. The summed E-state index contributed by atoms with van der Waals surface area (Å²) < 4.78 is 44.1. The highest BCUT2D eigenvalue weighted by Gasteiger charge is 2.39. The van der Waals surface area contributed by atoms with Crippen molar-refractivity contribution in [3.63, 3.8) is 0 Å². The summed E-state index contributed by atoms with van der Waals surface area (Å²) >= 11 is 0. The summed E-state index contributed by atoms with van der Waals surface area (Å²) in [4.78, 5) is 24.9. The average Bonchev–Trinajstić information content (AvgIpc) is 2.66. The molecule has 2 aromatic carbocycles. The lowest BCUT2D eigenvalue weighted by atomic mass is 9.87. The van der Waals surface area contributed by atoms with Crippen molar-refractivity contribution in [1.29, 1.82) is 0 Å². The molecule has 1 heterocycles. The summed E-state index contributed by atoms with van der Waals surface area (Å²) in [6, 6.07) is 9.75. The van der Waals surface area contributed by atoms with Crippen molar-refractivity contribution in [1.82, 2.24) is 10.6 Å². The first-order chi connectivity index (χ1) is 13.7. The number of rotatable bonds is 4. The topological polar surface area (TPSA) is 79.5 Å². The van der Waals surface area contributed by atoms with E-state index in [0.29, 0.717) is 11.3 Å². The molecule has 1 aliphatic rings. The van der Waals surface area contributed by atoms with E-state index in [4.69, 9.17) is 4.74 Å². The lowest BCUT2D eigenvalue weighted by Gasteiger charge is -2.34. The molecule has 3 rings (SSSR count). The van der Waals surface area contributed by atoms with E-state index in [0.717, 1.165) is 12.1 Å². The molecule has 0 radical (unpaired) electrons. The molecule has 2 atom stereocenters. The Kier molecular flexibility index (Phi) is 5.49. The van der Waals surface area contributed by atoms with Gasteiger partial charge in [-0.15, -0.1) is 0 Å². The van der Waals surface area contributed by atoms with Gasteiger partial charge in [-0.3, -0.25) is 4.79 Å². The summed E-state index contributed by atoms with van der Waals surface area (Å²) in [6.45, 7) is 3.74. The van der Waals surface area contributed by atoms with Crippen LogP contribution in [0.5, 0.6) is 5.75 Å². The van der Waals surface area contributed by atoms with Gasteiger partial charge in [0.05, 0.1) is 18.7 Å². The van der Waals surface area contributed by atoms with Crippen molar-refractivity contribution < 1.29 is 27.5 Å². The summed E-state index contributed by atoms with van der Waals surface area (Å²) in [5, 5.41) is 7.58. The molecule has 6 nitrogen and oxygen atoms in total. The molecule has 0 spiro atoms. The molecule has 1 saturated heterocycles. The molecule has 9 heteroatoms. The van der Waals surface area contributed by atoms with Crippen LogP contribution in [0.3, 0.4) is 0 Å². The molecule has 2 aromatic rings. The van der Waals surface area contributed by atoms with Crippen LogP contribution in [0.4, 0.5) is 23.7 Å². The summed E-state index contributed by atoms with van der Waals surface area (Å²) in [7, 11) is 1.45. The number of para-hydroxylation sites is 1. The predicted octanol–water partition coefficient (Wildman–Crippen LogP) is 3.84. The van der Waals surface area contributed by atoms with Crippen molar-refractivity contribution in [2.45, 2.75) is 12.2 Å². The van der Waals surface area contributed by atoms with Crippen LogP contribution in [0.15, 0.2) is 60.8 Å². The van der Waals surface area contributed by atoms with Crippen LogP contribution in [0, 0.1) is 5.92 Å². The molecular formula is C20H18F3N3O3. The van der Waals surface area contributed by atoms with E-state index in [-0.39, 0.29) is 11.4 Å². The third-order valence-electron chi connectivity index (χ3n) is 4.48. The van der Waals surface area contributed by atoms with E-state index in [1.165, 1.54) is 19.2 Å². The summed E-state index contributed by atoms with van der Waals surface area (Å²) in [5.41, 5.74) is -0.247. The predicted molar refractivity (Wildman–Crippen MR) is 100 cm³/mol. The minimum absolute atomic E-state index is 0.0201. The highest BCUT2D eigenvalue weighted by molar-refractivity contribution is 5.97. The Morgan fingerprint density at radius 3 is 2.59 bits per heavy atom. The van der Waals surface area contributed by atoms with Crippen LogP contribution >= 0.6 is 0 Å². The fourth-order valence-corrected chi connectivity index (χ4v) is 3.17. The zero-order valence-electron chi connectivity index (χ0n) is 15.3. The number of hydrogen-bond donors (Lipinski definition) is 3. The number of hydrogen-bond acceptors (Lipinski definition) is 3. The van der Waals surface area contributed by atoms with E-state index >= 15 is 0 Å². The molecule has 0 bridgehead atoms. The lowest BCUT2D eigenvalue weighted by Crippen LogP contribution is -2.51. The first-order valence-electron chi connectivity index (χ1n) is 8.58. The molecule has 152 valence electrons. The van der Waals surface area contributed by atoms with Crippen molar-refractivity contribution in [3.8, 4) is 5.75 Å². The van der Waals surface area contributed by atoms with Gasteiger partial charge in [0, 0.05) is 16.9 Å². The van der Waals surface area contributed by atoms with Crippen LogP contribution < -0.4 is 20.7 Å². The van der Waals surface area contributed by atoms with E-state index in [9.17, 15) is 22.8 Å². The van der Waals surface area contributed by atoms with Gasteiger partial charge in [-0.1, -0.05) is 30.8 Å². The van der Waals surface area contributed by atoms with E-state index in [1.807, 2.05) is 0 Å². The number of halogens is 3. The number of urea groups is 1.